The van der Waals surface area contributed by atoms with Crippen LogP contribution in [0.3, 0.4) is 0 Å². The first kappa shape index (κ1) is 19.5. The van der Waals surface area contributed by atoms with Gasteiger partial charge in [0.15, 0.2) is 9.84 Å². The van der Waals surface area contributed by atoms with Crippen molar-refractivity contribution in [2.45, 2.75) is 17.4 Å². The third kappa shape index (κ3) is 5.59. The van der Waals surface area contributed by atoms with Gasteiger partial charge in [-0.2, -0.15) is 0 Å². The Morgan fingerprint density at radius 2 is 2.04 bits per heavy atom. The van der Waals surface area contributed by atoms with Crippen molar-refractivity contribution in [1.82, 2.24) is 10.2 Å². The third-order valence-corrected chi connectivity index (χ3v) is 5.69. The molecule has 1 aromatic heterocycles. The number of nitrogens with zero attached hydrogens (tertiary/aromatic N) is 1. The van der Waals surface area contributed by atoms with Gasteiger partial charge in [0.05, 0.1) is 23.0 Å². The van der Waals surface area contributed by atoms with Gasteiger partial charge in [0, 0.05) is 18.0 Å². The molecule has 2 aromatic rings. The van der Waals surface area contributed by atoms with E-state index in [9.17, 15) is 13.2 Å². The first-order valence-electron chi connectivity index (χ1n) is 7.74. The van der Waals surface area contributed by atoms with Gasteiger partial charge in [-0.05, 0) is 44.4 Å². The van der Waals surface area contributed by atoms with Gasteiger partial charge in [0.25, 0.3) is 0 Å². The van der Waals surface area contributed by atoms with E-state index in [0.717, 1.165) is 5.76 Å². The molecule has 1 aromatic carbocycles. The van der Waals surface area contributed by atoms with E-state index in [4.69, 9.17) is 16.0 Å². The molecule has 6 nitrogen and oxygen atoms in total. The third-order valence-electron chi connectivity index (χ3n) is 3.74. The van der Waals surface area contributed by atoms with E-state index >= 15 is 0 Å². The summed E-state index contributed by atoms with van der Waals surface area (Å²) in [5, 5.41) is 3.10. The van der Waals surface area contributed by atoms with Crippen LogP contribution in [-0.4, -0.2) is 45.6 Å². The molecule has 2 rings (SSSR count). The molecule has 1 unspecified atom stereocenters. The van der Waals surface area contributed by atoms with Gasteiger partial charge in [-0.3, -0.25) is 9.69 Å². The van der Waals surface area contributed by atoms with Crippen molar-refractivity contribution in [3.8, 4) is 0 Å². The topological polar surface area (TPSA) is 79.6 Å². The molecule has 0 saturated carbocycles. The summed E-state index contributed by atoms with van der Waals surface area (Å²) in [5.41, 5.74) is 0. The largest absolute Gasteiger partial charge is 0.468 e. The van der Waals surface area contributed by atoms with Crippen LogP contribution in [-0.2, 0) is 14.6 Å². The molecule has 0 spiro atoms. The minimum absolute atomic E-state index is 0.118. The molecule has 1 amide bonds. The normalized spacial score (nSPS) is 13.0. The summed E-state index contributed by atoms with van der Waals surface area (Å²) in [6.07, 6.45) is 1.46. The summed E-state index contributed by atoms with van der Waals surface area (Å²) >= 11 is 5.82. The van der Waals surface area contributed by atoms with Crippen LogP contribution in [0.2, 0.25) is 5.02 Å². The molecule has 0 saturated heterocycles. The molecule has 25 heavy (non-hydrogen) atoms. The number of amides is 1. The summed E-state index contributed by atoms with van der Waals surface area (Å²) < 4.78 is 29.9. The van der Waals surface area contributed by atoms with Crippen LogP contribution in [0.4, 0.5) is 0 Å². The zero-order valence-electron chi connectivity index (χ0n) is 14.1. The number of rotatable bonds is 8. The molecule has 1 atom stereocenters. The lowest BCUT2D eigenvalue weighted by Crippen LogP contribution is -2.35. The van der Waals surface area contributed by atoms with Gasteiger partial charge in [0.1, 0.15) is 5.76 Å². The maximum atomic E-state index is 12.3. The zero-order valence-corrected chi connectivity index (χ0v) is 15.7. The van der Waals surface area contributed by atoms with Gasteiger partial charge < -0.3 is 9.73 Å². The summed E-state index contributed by atoms with van der Waals surface area (Å²) in [7, 11) is 0.206. The molecule has 136 valence electrons. The first-order valence-corrected chi connectivity index (χ1v) is 9.77. The molecule has 0 aliphatic rings. The standard InChI is InChI=1S/C17H21ClN2O4S/c1-20(2)15(16-7-4-9-24-16)12-19-17(21)8-10-25(22,23)14-6-3-5-13(18)11-14/h3-7,9,11,15H,8,10,12H2,1-2H3,(H,19,21). The van der Waals surface area contributed by atoms with Crippen molar-refractivity contribution >= 4 is 27.3 Å². The number of carbonyl (C=O) groups excluding carboxylic acids is 1. The Bertz CT molecular complexity index is 804. The molecule has 1 N–H and O–H groups in total. The van der Waals surface area contributed by atoms with E-state index in [1.54, 1.807) is 24.5 Å². The Morgan fingerprint density at radius 1 is 1.28 bits per heavy atom. The summed E-state index contributed by atoms with van der Waals surface area (Å²) in [4.78, 5) is 14.1. The lowest BCUT2D eigenvalue weighted by molar-refractivity contribution is -0.120. The fourth-order valence-electron chi connectivity index (χ4n) is 2.32. The predicted molar refractivity (Wildman–Crippen MR) is 96.3 cm³/mol. The van der Waals surface area contributed by atoms with E-state index in [-0.39, 0.29) is 29.0 Å². The lowest BCUT2D eigenvalue weighted by Gasteiger charge is -2.22. The second kappa shape index (κ2) is 8.51. The van der Waals surface area contributed by atoms with Crippen molar-refractivity contribution in [1.29, 1.82) is 0 Å². The van der Waals surface area contributed by atoms with Gasteiger partial charge in [-0.25, -0.2) is 8.42 Å². The highest BCUT2D eigenvalue weighted by molar-refractivity contribution is 7.91. The van der Waals surface area contributed by atoms with Crippen LogP contribution in [0.1, 0.15) is 18.2 Å². The Hall–Kier alpha value is -1.83. The second-order valence-corrected chi connectivity index (χ2v) is 8.37. The molecule has 0 aliphatic heterocycles. The smallest absolute Gasteiger partial charge is 0.221 e. The summed E-state index contributed by atoms with van der Waals surface area (Å²) in [5.74, 6) is 0.132. The molecule has 0 fully saturated rings. The molecule has 8 heteroatoms. The van der Waals surface area contributed by atoms with Crippen LogP contribution in [0.15, 0.2) is 52.0 Å². The van der Waals surface area contributed by atoms with Gasteiger partial charge in [-0.15, -0.1) is 0 Å². The minimum Gasteiger partial charge on any atom is -0.468 e. The summed E-state index contributed by atoms with van der Waals surface area (Å²) in [6.45, 7) is 0.330. The molecular formula is C17H21ClN2O4S. The number of furan rings is 1. The van der Waals surface area contributed by atoms with Crippen molar-refractivity contribution < 1.29 is 17.6 Å². The maximum Gasteiger partial charge on any atom is 0.221 e. The van der Waals surface area contributed by atoms with E-state index < -0.39 is 9.84 Å². The van der Waals surface area contributed by atoms with E-state index in [1.165, 1.54) is 12.1 Å². The Kier molecular flexibility index (Phi) is 6.64. The average molecular weight is 385 g/mol. The first-order chi connectivity index (χ1) is 11.8. The number of hydrogen-bond acceptors (Lipinski definition) is 5. The van der Waals surface area contributed by atoms with Crippen LogP contribution >= 0.6 is 11.6 Å². The number of likely N-dealkylation sites (N-methyl/N-ethyl adjacent to an activating group) is 1. The SMILES string of the molecule is CN(C)C(CNC(=O)CCS(=O)(=O)c1cccc(Cl)c1)c1ccco1. The van der Waals surface area contributed by atoms with Gasteiger partial charge in [0.2, 0.25) is 5.91 Å². The highest BCUT2D eigenvalue weighted by Crippen LogP contribution is 2.19. The van der Waals surface area contributed by atoms with Gasteiger partial charge >= 0.3 is 0 Å². The molecule has 0 radical (unpaired) electrons. The van der Waals surface area contributed by atoms with E-state index in [1.807, 2.05) is 25.1 Å². The molecular weight excluding hydrogens is 364 g/mol. The minimum atomic E-state index is -3.55. The molecule has 0 bridgehead atoms. The average Bonchev–Trinajstić information content (AvgIpc) is 3.07. The predicted octanol–water partition coefficient (Wildman–Crippen LogP) is 2.52. The van der Waals surface area contributed by atoms with Crippen molar-refractivity contribution in [2.24, 2.45) is 0 Å². The van der Waals surface area contributed by atoms with E-state index in [0.29, 0.717) is 11.6 Å². The van der Waals surface area contributed by atoms with Crippen molar-refractivity contribution in [2.75, 3.05) is 26.4 Å². The molecule has 0 aliphatic carbocycles. The maximum absolute atomic E-state index is 12.3. The van der Waals surface area contributed by atoms with Crippen molar-refractivity contribution in [3.63, 3.8) is 0 Å². The molecule has 1 heterocycles. The number of halogens is 1. The summed E-state index contributed by atoms with van der Waals surface area (Å²) in [6, 6.07) is 9.52. The van der Waals surface area contributed by atoms with E-state index in [2.05, 4.69) is 5.32 Å². The number of nitrogens with one attached hydrogen (secondary N) is 1. The highest BCUT2D eigenvalue weighted by atomic mass is 35.5. The number of sulfone groups is 1. The van der Waals surface area contributed by atoms with Crippen LogP contribution in [0, 0.1) is 0 Å². The quantitative estimate of drug-likeness (QED) is 0.756. The highest BCUT2D eigenvalue weighted by Gasteiger charge is 2.20. The Balaban J connectivity index is 1.90. The van der Waals surface area contributed by atoms with Crippen LogP contribution in [0.5, 0.6) is 0 Å². The number of benzene rings is 1. The second-order valence-electron chi connectivity index (χ2n) is 5.83. The monoisotopic (exact) mass is 384 g/mol. The fourth-order valence-corrected chi connectivity index (χ4v) is 3.86. The zero-order chi connectivity index (χ0) is 18.4. The lowest BCUT2D eigenvalue weighted by atomic mass is 10.2. The Morgan fingerprint density at radius 3 is 2.64 bits per heavy atom. The van der Waals surface area contributed by atoms with Gasteiger partial charge in [-0.1, -0.05) is 17.7 Å². The fraction of sp³-hybridized carbons (Fsp3) is 0.353. The van der Waals surface area contributed by atoms with Crippen molar-refractivity contribution in [3.05, 3.63) is 53.4 Å². The van der Waals surface area contributed by atoms with Crippen LogP contribution < -0.4 is 5.32 Å². The number of hydrogen-bond donors (Lipinski definition) is 1. The number of carbonyl (C=O) groups is 1. The van der Waals surface area contributed by atoms with Crippen LogP contribution in [0.25, 0.3) is 0 Å². The Labute approximate surface area is 152 Å².